The molecule has 0 aliphatic heterocycles. The molecule has 1 aliphatic rings. The molecule has 0 radical (unpaired) electrons. The van der Waals surface area contributed by atoms with Gasteiger partial charge in [0, 0.05) is 12.1 Å². The topological polar surface area (TPSA) is 18.5 Å². The van der Waals surface area contributed by atoms with Crippen LogP contribution in [-0.4, -0.2) is 6.36 Å². The minimum absolute atomic E-state index is 0.0519. The van der Waals surface area contributed by atoms with Gasteiger partial charge in [0.05, 0.1) is 5.56 Å². The summed E-state index contributed by atoms with van der Waals surface area (Å²) in [5.41, 5.74) is -6.76. The van der Waals surface area contributed by atoms with E-state index in [1.807, 2.05) is 6.92 Å². The Kier molecular flexibility index (Phi) is 9.72. The van der Waals surface area contributed by atoms with Gasteiger partial charge in [0.1, 0.15) is 51.8 Å². The largest absolute Gasteiger partial charge is 0.527 e. The molecular weight excluding hydrogens is 639 g/mol. The third kappa shape index (κ3) is 7.67. The number of alkyl halides is 7. The Labute approximate surface area is 247 Å². The van der Waals surface area contributed by atoms with E-state index in [1.165, 1.54) is 0 Å². The Morgan fingerprint density at radius 2 is 1.09 bits per heavy atom. The monoisotopic (exact) mass is 662 g/mol. The number of halogens is 13. The van der Waals surface area contributed by atoms with Crippen LogP contribution in [0.4, 0.5) is 57.1 Å². The second kappa shape index (κ2) is 12.7. The highest BCUT2D eigenvalue weighted by Crippen LogP contribution is 2.43. The van der Waals surface area contributed by atoms with Gasteiger partial charge in [0.15, 0.2) is 0 Å². The lowest BCUT2D eigenvalue weighted by molar-refractivity contribution is -0.432. The Morgan fingerprint density at radius 1 is 0.622 bits per heavy atom. The molecule has 0 saturated heterocycles. The number of hydrogen-bond acceptors (Lipinski definition) is 2. The highest BCUT2D eigenvalue weighted by atomic mass is 19.4. The highest BCUT2D eigenvalue weighted by Gasteiger charge is 2.49. The third-order valence-electron chi connectivity index (χ3n) is 7.50. The van der Waals surface area contributed by atoms with Crippen molar-refractivity contribution >= 4 is 0 Å². The van der Waals surface area contributed by atoms with Crippen LogP contribution >= 0.6 is 0 Å². The van der Waals surface area contributed by atoms with Gasteiger partial charge in [0.25, 0.3) is 0 Å². The number of hydrogen-bond donors (Lipinski definition) is 0. The molecule has 3 aromatic rings. The van der Waals surface area contributed by atoms with Gasteiger partial charge in [0.2, 0.25) is 0 Å². The minimum Gasteiger partial charge on any atom is -0.429 e. The molecule has 0 unspecified atom stereocenters. The first-order chi connectivity index (χ1) is 20.8. The second-order valence-corrected chi connectivity index (χ2v) is 10.6. The molecule has 15 heteroatoms. The van der Waals surface area contributed by atoms with E-state index in [4.69, 9.17) is 0 Å². The molecular formula is C30H23F13O2. The van der Waals surface area contributed by atoms with Crippen LogP contribution in [0.3, 0.4) is 0 Å². The van der Waals surface area contributed by atoms with Gasteiger partial charge in [-0.3, -0.25) is 0 Å². The van der Waals surface area contributed by atoms with E-state index in [1.54, 1.807) is 0 Å². The SMILES string of the molecule is CCCC1CCC(c2cc(F)c(C(F)(F)Oc3cc(F)c(-c4cc(F)c(C(F)(F)OC(F)(F)F)c(F)c4)c(F)c3)c(F)c2)CC1. The van der Waals surface area contributed by atoms with Crippen molar-refractivity contribution in [3.05, 3.63) is 88.0 Å². The first-order valence-corrected chi connectivity index (χ1v) is 13.5. The van der Waals surface area contributed by atoms with Crippen molar-refractivity contribution in [1.29, 1.82) is 0 Å². The maximum Gasteiger partial charge on any atom is 0.527 e. The first-order valence-electron chi connectivity index (χ1n) is 13.5. The smallest absolute Gasteiger partial charge is 0.429 e. The van der Waals surface area contributed by atoms with E-state index in [9.17, 15) is 57.1 Å². The summed E-state index contributed by atoms with van der Waals surface area (Å²) in [5, 5.41) is 0. The fourth-order valence-electron chi connectivity index (χ4n) is 5.57. The predicted octanol–water partition coefficient (Wildman–Crippen LogP) is 11.0. The van der Waals surface area contributed by atoms with Crippen molar-refractivity contribution in [3.8, 4) is 16.9 Å². The van der Waals surface area contributed by atoms with Gasteiger partial charge < -0.3 is 4.74 Å². The highest BCUT2D eigenvalue weighted by molar-refractivity contribution is 5.66. The van der Waals surface area contributed by atoms with Gasteiger partial charge in [-0.1, -0.05) is 19.8 Å². The molecule has 0 aromatic heterocycles. The Hall–Kier alpha value is -3.49. The van der Waals surface area contributed by atoms with Gasteiger partial charge in [-0.25, -0.2) is 31.1 Å². The fourth-order valence-corrected chi connectivity index (χ4v) is 5.57. The Bertz CT molecular complexity index is 1470. The molecule has 4 rings (SSSR count). The summed E-state index contributed by atoms with van der Waals surface area (Å²) < 4.78 is 189. The van der Waals surface area contributed by atoms with Gasteiger partial charge >= 0.3 is 18.6 Å². The second-order valence-electron chi connectivity index (χ2n) is 10.6. The van der Waals surface area contributed by atoms with Crippen molar-refractivity contribution in [3.63, 3.8) is 0 Å². The van der Waals surface area contributed by atoms with Crippen molar-refractivity contribution in [2.75, 3.05) is 0 Å². The van der Waals surface area contributed by atoms with E-state index in [2.05, 4.69) is 9.47 Å². The molecule has 0 bridgehead atoms. The van der Waals surface area contributed by atoms with E-state index in [0.29, 0.717) is 18.8 Å². The Morgan fingerprint density at radius 3 is 1.56 bits per heavy atom. The average molecular weight is 662 g/mol. The molecule has 1 fully saturated rings. The number of rotatable bonds is 9. The molecule has 246 valence electrons. The molecule has 0 spiro atoms. The Balaban J connectivity index is 1.59. The van der Waals surface area contributed by atoms with Crippen LogP contribution in [0.5, 0.6) is 5.75 Å². The van der Waals surface area contributed by atoms with Crippen LogP contribution in [0.2, 0.25) is 0 Å². The van der Waals surface area contributed by atoms with Crippen LogP contribution < -0.4 is 4.74 Å². The molecule has 0 N–H and O–H groups in total. The summed E-state index contributed by atoms with van der Waals surface area (Å²) in [7, 11) is 0. The minimum atomic E-state index is -6.03. The van der Waals surface area contributed by atoms with E-state index in [-0.39, 0.29) is 35.7 Å². The lowest BCUT2D eigenvalue weighted by atomic mass is 9.77. The lowest BCUT2D eigenvalue weighted by Crippen LogP contribution is -2.29. The molecule has 0 heterocycles. The summed E-state index contributed by atoms with van der Waals surface area (Å²) in [4.78, 5) is 0. The average Bonchev–Trinajstić information content (AvgIpc) is 2.86. The molecule has 3 aromatic carbocycles. The maximum absolute atomic E-state index is 14.9. The van der Waals surface area contributed by atoms with E-state index in [0.717, 1.165) is 37.8 Å². The predicted molar refractivity (Wildman–Crippen MR) is 133 cm³/mol. The normalized spacial score (nSPS) is 17.9. The molecule has 1 saturated carbocycles. The zero-order valence-electron chi connectivity index (χ0n) is 23.1. The number of ether oxygens (including phenoxy) is 2. The van der Waals surface area contributed by atoms with Crippen molar-refractivity contribution in [2.45, 2.75) is 69.9 Å². The van der Waals surface area contributed by atoms with E-state index < -0.39 is 81.5 Å². The van der Waals surface area contributed by atoms with Gasteiger partial charge in [-0.05, 0) is 72.9 Å². The zero-order valence-corrected chi connectivity index (χ0v) is 23.1. The van der Waals surface area contributed by atoms with Crippen LogP contribution in [0.1, 0.15) is 68.1 Å². The molecule has 0 amide bonds. The zero-order chi connectivity index (χ0) is 33.5. The van der Waals surface area contributed by atoms with Crippen LogP contribution in [0.15, 0.2) is 36.4 Å². The fraction of sp³-hybridized carbons (Fsp3) is 0.400. The summed E-state index contributed by atoms with van der Waals surface area (Å²) in [5.74, 6) is -13.0. The molecule has 0 atom stereocenters. The van der Waals surface area contributed by atoms with E-state index >= 15 is 0 Å². The number of benzene rings is 3. The maximum atomic E-state index is 14.9. The van der Waals surface area contributed by atoms with Crippen molar-refractivity contribution in [1.82, 2.24) is 0 Å². The van der Waals surface area contributed by atoms with Crippen LogP contribution in [0.25, 0.3) is 11.1 Å². The van der Waals surface area contributed by atoms with Gasteiger partial charge in [-0.2, -0.15) is 17.6 Å². The molecule has 1 aliphatic carbocycles. The van der Waals surface area contributed by atoms with Crippen molar-refractivity contribution in [2.24, 2.45) is 5.92 Å². The quantitative estimate of drug-likeness (QED) is 0.212. The van der Waals surface area contributed by atoms with Gasteiger partial charge in [-0.15, -0.1) is 13.2 Å². The summed E-state index contributed by atoms with van der Waals surface area (Å²) in [6, 6.07) is 1.28. The summed E-state index contributed by atoms with van der Waals surface area (Å²) in [6.45, 7) is 2.03. The lowest BCUT2D eigenvalue weighted by Gasteiger charge is -2.29. The van der Waals surface area contributed by atoms with Crippen molar-refractivity contribution < 1.29 is 66.5 Å². The summed E-state index contributed by atoms with van der Waals surface area (Å²) >= 11 is 0. The van der Waals surface area contributed by atoms with Crippen LogP contribution in [0, 0.1) is 40.8 Å². The standard InChI is InChI=1S/C30H23F13O2/c1-2-3-14-4-6-15(7-5-14)16-8-21(33)26(22(34)9-16)28(37,38)44-18-12-19(31)25(20(32)13-18)17-10-23(35)27(24(36)11-17)29(39,40)45-30(41,42)43/h8-15H,2-7H2,1H3. The molecule has 2 nitrogen and oxygen atoms in total. The van der Waals surface area contributed by atoms with Crippen LogP contribution in [-0.2, 0) is 17.0 Å². The molecule has 45 heavy (non-hydrogen) atoms. The summed E-state index contributed by atoms with van der Waals surface area (Å²) in [6.07, 6.45) is -11.6. The first kappa shape index (κ1) is 34.4. The third-order valence-corrected chi connectivity index (χ3v) is 7.50.